The lowest BCUT2D eigenvalue weighted by atomic mass is 9.94. The van der Waals surface area contributed by atoms with Crippen molar-refractivity contribution in [2.75, 3.05) is 19.7 Å². The van der Waals surface area contributed by atoms with Gasteiger partial charge in [0.1, 0.15) is 0 Å². The highest BCUT2D eigenvalue weighted by molar-refractivity contribution is 5.86. The number of aliphatic carboxylic acids is 1. The first-order chi connectivity index (χ1) is 9.41. The Kier molecular flexibility index (Phi) is 4.65. The minimum Gasteiger partial charge on any atom is -0.481 e. The Morgan fingerprint density at radius 1 is 1.30 bits per heavy atom. The molecule has 0 aromatic rings. The van der Waals surface area contributed by atoms with E-state index in [9.17, 15) is 9.59 Å². The summed E-state index contributed by atoms with van der Waals surface area (Å²) in [5, 5.41) is 8.56. The molecule has 1 heterocycles. The van der Waals surface area contributed by atoms with Crippen LogP contribution < -0.4 is 5.73 Å². The van der Waals surface area contributed by atoms with E-state index in [4.69, 9.17) is 15.6 Å². The predicted molar refractivity (Wildman–Crippen MR) is 73.1 cm³/mol. The smallest absolute Gasteiger partial charge is 0.305 e. The Labute approximate surface area is 119 Å². The van der Waals surface area contributed by atoms with Crippen LogP contribution in [-0.2, 0) is 14.3 Å². The van der Waals surface area contributed by atoms with Crippen LogP contribution in [0, 0.1) is 5.92 Å². The molecule has 1 aliphatic carbocycles. The Morgan fingerprint density at radius 3 is 2.40 bits per heavy atom. The lowest BCUT2D eigenvalue weighted by Crippen LogP contribution is -2.56. The maximum absolute atomic E-state index is 12.4. The molecule has 114 valence electrons. The van der Waals surface area contributed by atoms with Crippen LogP contribution in [0.2, 0.25) is 0 Å². The van der Waals surface area contributed by atoms with Gasteiger partial charge in [-0.1, -0.05) is 0 Å². The van der Waals surface area contributed by atoms with E-state index in [1.54, 1.807) is 0 Å². The zero-order chi connectivity index (χ0) is 14.8. The summed E-state index contributed by atoms with van der Waals surface area (Å²) < 4.78 is 5.52. The number of hydrogen-bond acceptors (Lipinski definition) is 4. The van der Waals surface area contributed by atoms with E-state index in [-0.39, 0.29) is 25.0 Å². The average Bonchev–Trinajstić information content (AvgIpc) is 3.23. The normalized spacial score (nSPS) is 23.4. The molecule has 1 unspecified atom stereocenters. The molecule has 6 heteroatoms. The number of ether oxygens (including phenoxy) is 1. The number of carbonyl (C=O) groups excluding carboxylic acids is 1. The van der Waals surface area contributed by atoms with Crippen molar-refractivity contribution < 1.29 is 19.4 Å². The van der Waals surface area contributed by atoms with Crippen LogP contribution in [0.5, 0.6) is 0 Å². The number of amides is 1. The maximum Gasteiger partial charge on any atom is 0.305 e. The zero-order valence-electron chi connectivity index (χ0n) is 12.0. The topological polar surface area (TPSA) is 92.9 Å². The predicted octanol–water partition coefficient (Wildman–Crippen LogP) is 0.596. The second-order valence-electron chi connectivity index (χ2n) is 6.06. The largest absolute Gasteiger partial charge is 0.481 e. The number of carboxylic acid groups (broad SMARTS) is 1. The molecular weight excluding hydrogens is 260 g/mol. The maximum atomic E-state index is 12.4. The minimum absolute atomic E-state index is 0.0295. The van der Waals surface area contributed by atoms with Crippen LogP contribution in [0.25, 0.3) is 0 Å². The molecule has 1 aliphatic heterocycles. The number of rotatable bonds is 6. The van der Waals surface area contributed by atoms with Crippen molar-refractivity contribution in [1.82, 2.24) is 4.90 Å². The SMILES string of the molecule is CC(N)(C(=O)N1CCC(OCCC(=O)O)CC1)C1CC1. The van der Waals surface area contributed by atoms with E-state index in [2.05, 4.69) is 0 Å². The molecule has 0 bridgehead atoms. The number of carboxylic acids is 1. The van der Waals surface area contributed by atoms with Gasteiger partial charge in [0.15, 0.2) is 0 Å². The fourth-order valence-electron chi connectivity index (χ4n) is 2.74. The van der Waals surface area contributed by atoms with Crippen molar-refractivity contribution in [3.05, 3.63) is 0 Å². The number of nitrogens with two attached hydrogens (primary N) is 1. The molecule has 2 fully saturated rings. The molecule has 20 heavy (non-hydrogen) atoms. The molecule has 0 radical (unpaired) electrons. The second kappa shape index (κ2) is 6.10. The lowest BCUT2D eigenvalue weighted by Gasteiger charge is -2.36. The molecule has 0 aromatic heterocycles. The second-order valence-corrected chi connectivity index (χ2v) is 6.06. The van der Waals surface area contributed by atoms with E-state index >= 15 is 0 Å². The van der Waals surface area contributed by atoms with Crippen LogP contribution in [0.1, 0.15) is 39.0 Å². The monoisotopic (exact) mass is 284 g/mol. The fourth-order valence-corrected chi connectivity index (χ4v) is 2.74. The van der Waals surface area contributed by atoms with Gasteiger partial charge in [-0.05, 0) is 38.5 Å². The molecule has 2 aliphatic rings. The number of likely N-dealkylation sites (tertiary alicyclic amines) is 1. The number of carbonyl (C=O) groups is 2. The highest BCUT2D eigenvalue weighted by Crippen LogP contribution is 2.39. The summed E-state index contributed by atoms with van der Waals surface area (Å²) in [5.74, 6) is -0.468. The standard InChI is InChI=1S/C14H24N2O4/c1-14(15,10-2-3-10)13(19)16-7-4-11(5-8-16)20-9-6-12(17)18/h10-11H,2-9,15H2,1H3,(H,17,18). The molecule has 1 saturated heterocycles. The Balaban J connectivity index is 1.73. The van der Waals surface area contributed by atoms with Crippen molar-refractivity contribution in [3.8, 4) is 0 Å². The summed E-state index contributed by atoms with van der Waals surface area (Å²) in [7, 11) is 0. The van der Waals surface area contributed by atoms with Gasteiger partial charge >= 0.3 is 5.97 Å². The van der Waals surface area contributed by atoms with Crippen molar-refractivity contribution in [1.29, 1.82) is 0 Å². The Bertz CT molecular complexity index is 371. The zero-order valence-corrected chi connectivity index (χ0v) is 12.0. The van der Waals surface area contributed by atoms with E-state index in [1.165, 1.54) is 0 Å². The van der Waals surface area contributed by atoms with Crippen molar-refractivity contribution in [3.63, 3.8) is 0 Å². The number of piperidine rings is 1. The summed E-state index contributed by atoms with van der Waals surface area (Å²) in [4.78, 5) is 24.6. The van der Waals surface area contributed by atoms with Crippen molar-refractivity contribution >= 4 is 11.9 Å². The van der Waals surface area contributed by atoms with Crippen LogP contribution in [0.4, 0.5) is 0 Å². The molecule has 6 nitrogen and oxygen atoms in total. The third kappa shape index (κ3) is 3.70. The first-order valence-corrected chi connectivity index (χ1v) is 7.33. The summed E-state index contributed by atoms with van der Waals surface area (Å²) >= 11 is 0. The third-order valence-electron chi connectivity index (χ3n) is 4.28. The number of nitrogens with zero attached hydrogens (tertiary/aromatic N) is 1. The molecule has 0 aromatic carbocycles. The van der Waals surface area contributed by atoms with Gasteiger partial charge < -0.3 is 20.5 Å². The van der Waals surface area contributed by atoms with E-state index in [0.29, 0.717) is 19.0 Å². The van der Waals surface area contributed by atoms with Crippen molar-refractivity contribution in [2.45, 2.75) is 50.7 Å². The van der Waals surface area contributed by atoms with Crippen LogP contribution in [-0.4, -0.2) is 53.2 Å². The quantitative estimate of drug-likeness (QED) is 0.745. The molecule has 2 rings (SSSR count). The average molecular weight is 284 g/mol. The fraction of sp³-hybridized carbons (Fsp3) is 0.857. The summed E-state index contributed by atoms with van der Waals surface area (Å²) in [5.41, 5.74) is 5.43. The molecule has 1 atom stereocenters. The Hall–Kier alpha value is -1.14. The van der Waals surface area contributed by atoms with E-state index in [1.807, 2.05) is 11.8 Å². The lowest BCUT2D eigenvalue weighted by molar-refractivity contribution is -0.140. The number of hydrogen-bond donors (Lipinski definition) is 2. The Morgan fingerprint density at radius 2 is 1.90 bits per heavy atom. The summed E-state index contributed by atoms with van der Waals surface area (Å²) in [6.45, 7) is 3.37. The molecule has 1 amide bonds. The van der Waals surface area contributed by atoms with E-state index < -0.39 is 11.5 Å². The summed E-state index contributed by atoms with van der Waals surface area (Å²) in [6, 6.07) is 0. The van der Waals surface area contributed by atoms with Crippen LogP contribution in [0.15, 0.2) is 0 Å². The van der Waals surface area contributed by atoms with Gasteiger partial charge in [0.05, 0.1) is 24.7 Å². The third-order valence-corrected chi connectivity index (χ3v) is 4.28. The van der Waals surface area contributed by atoms with E-state index in [0.717, 1.165) is 25.7 Å². The highest BCUT2D eigenvalue weighted by Gasteiger charge is 2.46. The van der Waals surface area contributed by atoms with Crippen LogP contribution in [0.3, 0.4) is 0 Å². The van der Waals surface area contributed by atoms with Gasteiger partial charge in [0.2, 0.25) is 5.91 Å². The summed E-state index contributed by atoms with van der Waals surface area (Å²) in [6.07, 6.45) is 3.70. The molecular formula is C14H24N2O4. The van der Waals surface area contributed by atoms with Gasteiger partial charge in [0, 0.05) is 13.1 Å². The minimum atomic E-state index is -0.846. The van der Waals surface area contributed by atoms with Gasteiger partial charge in [-0.2, -0.15) is 0 Å². The van der Waals surface area contributed by atoms with Crippen molar-refractivity contribution in [2.24, 2.45) is 11.7 Å². The molecule has 0 spiro atoms. The van der Waals surface area contributed by atoms with Gasteiger partial charge in [0.25, 0.3) is 0 Å². The molecule has 3 N–H and O–H groups in total. The van der Waals surface area contributed by atoms with Gasteiger partial charge in [-0.25, -0.2) is 0 Å². The van der Waals surface area contributed by atoms with Gasteiger partial charge in [-0.3, -0.25) is 9.59 Å². The first kappa shape index (κ1) is 15.3. The first-order valence-electron chi connectivity index (χ1n) is 7.33. The van der Waals surface area contributed by atoms with Gasteiger partial charge in [-0.15, -0.1) is 0 Å². The molecule has 1 saturated carbocycles. The highest BCUT2D eigenvalue weighted by atomic mass is 16.5. The van der Waals surface area contributed by atoms with Crippen LogP contribution >= 0.6 is 0 Å².